The first kappa shape index (κ1) is 12.6. The van der Waals surface area contributed by atoms with Crippen molar-refractivity contribution < 1.29 is 9.18 Å². The van der Waals surface area contributed by atoms with Crippen LogP contribution in [0.2, 0.25) is 0 Å². The largest absolute Gasteiger partial charge is 0.273 e. The number of carbonyl (C=O) groups is 1. The Morgan fingerprint density at radius 1 is 1.47 bits per heavy atom. The van der Waals surface area contributed by atoms with Crippen LogP contribution in [0.4, 0.5) is 4.39 Å². The molecule has 1 aromatic carbocycles. The predicted octanol–water partition coefficient (Wildman–Crippen LogP) is 2.75. The Kier molecular flexibility index (Phi) is 2.86. The molecule has 2 fully saturated rings. The van der Waals surface area contributed by atoms with Gasteiger partial charge in [0.15, 0.2) is 0 Å². The first-order chi connectivity index (χ1) is 9.05. The van der Waals surface area contributed by atoms with E-state index in [0.29, 0.717) is 0 Å². The maximum Gasteiger partial charge on any atom is 0.244 e. The Morgan fingerprint density at radius 2 is 2.26 bits per heavy atom. The molecule has 2 saturated heterocycles. The summed E-state index contributed by atoms with van der Waals surface area (Å²) in [5.74, 6) is -0.0531. The minimum absolute atomic E-state index is 0.00317. The highest BCUT2D eigenvalue weighted by atomic mass is 19.1. The number of fused-ring (bicyclic) bond motifs is 1. The van der Waals surface area contributed by atoms with E-state index in [1.165, 1.54) is 6.07 Å². The Hall–Kier alpha value is -1.42. The van der Waals surface area contributed by atoms with Gasteiger partial charge in [-0.3, -0.25) is 9.80 Å². The van der Waals surface area contributed by atoms with Crippen LogP contribution in [-0.2, 0) is 4.79 Å². The molecular weight excluding hydrogens is 243 g/mol. The molecule has 2 aliphatic heterocycles. The van der Waals surface area contributed by atoms with Crippen LogP contribution in [0, 0.1) is 11.2 Å². The van der Waals surface area contributed by atoms with Crippen molar-refractivity contribution in [2.75, 3.05) is 13.1 Å². The summed E-state index contributed by atoms with van der Waals surface area (Å²) in [6.45, 7) is 5.74. The van der Waals surface area contributed by atoms with Crippen molar-refractivity contribution in [1.82, 2.24) is 10.0 Å². The first-order valence-electron chi connectivity index (χ1n) is 6.89. The summed E-state index contributed by atoms with van der Waals surface area (Å²) in [4.78, 5) is 12.6. The minimum Gasteiger partial charge on any atom is -0.273 e. The van der Waals surface area contributed by atoms with E-state index in [1.807, 2.05) is 18.0 Å². The molecule has 2 aliphatic rings. The van der Waals surface area contributed by atoms with E-state index in [4.69, 9.17) is 0 Å². The molecule has 2 heterocycles. The van der Waals surface area contributed by atoms with Gasteiger partial charge in [0.25, 0.3) is 0 Å². The van der Waals surface area contributed by atoms with Crippen LogP contribution in [0.5, 0.6) is 0 Å². The van der Waals surface area contributed by atoms with Gasteiger partial charge in [0.05, 0.1) is 11.5 Å². The molecule has 2 atom stereocenters. The van der Waals surface area contributed by atoms with Gasteiger partial charge in [0.2, 0.25) is 5.91 Å². The molecule has 0 unspecified atom stereocenters. The van der Waals surface area contributed by atoms with Gasteiger partial charge >= 0.3 is 0 Å². The van der Waals surface area contributed by atoms with Gasteiger partial charge in [-0.1, -0.05) is 19.1 Å². The number of halogens is 1. The second kappa shape index (κ2) is 4.30. The van der Waals surface area contributed by atoms with Crippen molar-refractivity contribution in [3.8, 4) is 0 Å². The summed E-state index contributed by atoms with van der Waals surface area (Å²) in [7, 11) is 0. The van der Waals surface area contributed by atoms with Gasteiger partial charge in [-0.25, -0.2) is 9.40 Å². The number of hydrogen-bond acceptors (Lipinski definition) is 2. The summed E-state index contributed by atoms with van der Waals surface area (Å²) in [6, 6.07) is 6.61. The molecular formula is C15H19FN2O. The van der Waals surface area contributed by atoms with Crippen molar-refractivity contribution in [2.24, 2.45) is 5.41 Å². The van der Waals surface area contributed by atoms with Gasteiger partial charge in [0.1, 0.15) is 5.82 Å². The van der Waals surface area contributed by atoms with Crippen molar-refractivity contribution in [2.45, 2.75) is 32.7 Å². The van der Waals surface area contributed by atoms with Crippen molar-refractivity contribution >= 4 is 5.91 Å². The second-order valence-corrected chi connectivity index (χ2v) is 5.81. The molecule has 19 heavy (non-hydrogen) atoms. The molecule has 1 aromatic rings. The predicted molar refractivity (Wildman–Crippen MR) is 70.6 cm³/mol. The van der Waals surface area contributed by atoms with E-state index in [9.17, 15) is 9.18 Å². The number of nitrogens with zero attached hydrogens (tertiary/aromatic N) is 2. The van der Waals surface area contributed by atoms with Crippen LogP contribution < -0.4 is 0 Å². The summed E-state index contributed by atoms with van der Waals surface area (Å²) in [6.07, 6.45) is 1.73. The average Bonchev–Trinajstić information content (AvgIpc) is 2.90. The molecule has 3 nitrogen and oxygen atoms in total. The molecule has 1 amide bonds. The van der Waals surface area contributed by atoms with E-state index < -0.39 is 0 Å². The molecule has 0 radical (unpaired) electrons. The van der Waals surface area contributed by atoms with Crippen LogP contribution >= 0.6 is 0 Å². The normalized spacial score (nSPS) is 31.0. The van der Waals surface area contributed by atoms with Crippen molar-refractivity contribution in [3.05, 3.63) is 35.6 Å². The van der Waals surface area contributed by atoms with E-state index in [2.05, 4.69) is 11.9 Å². The van der Waals surface area contributed by atoms with Crippen LogP contribution in [0.3, 0.4) is 0 Å². The Balaban J connectivity index is 1.92. The van der Waals surface area contributed by atoms with E-state index in [-0.39, 0.29) is 23.2 Å². The highest BCUT2D eigenvalue weighted by molar-refractivity contribution is 5.84. The topological polar surface area (TPSA) is 23.6 Å². The number of rotatable bonds is 2. The third-order valence-electron chi connectivity index (χ3n) is 4.53. The second-order valence-electron chi connectivity index (χ2n) is 5.81. The molecule has 3 rings (SSSR count). The molecule has 0 spiro atoms. The molecule has 0 aromatic heterocycles. The lowest BCUT2D eigenvalue weighted by Crippen LogP contribution is -2.36. The van der Waals surface area contributed by atoms with Gasteiger partial charge in [0, 0.05) is 13.1 Å². The van der Waals surface area contributed by atoms with Gasteiger partial charge in [-0.15, -0.1) is 0 Å². The van der Waals surface area contributed by atoms with E-state index in [0.717, 1.165) is 31.5 Å². The summed E-state index contributed by atoms with van der Waals surface area (Å²) < 4.78 is 13.4. The van der Waals surface area contributed by atoms with Crippen LogP contribution in [0.25, 0.3) is 0 Å². The fourth-order valence-corrected chi connectivity index (χ4v) is 3.16. The third-order valence-corrected chi connectivity index (χ3v) is 4.53. The third kappa shape index (κ3) is 1.86. The number of hydrazine groups is 1. The number of hydrogen-bond donors (Lipinski definition) is 0. The number of benzene rings is 1. The lowest BCUT2D eigenvalue weighted by molar-refractivity contribution is -0.142. The quantitative estimate of drug-likeness (QED) is 0.818. The fraction of sp³-hybridized carbons (Fsp3) is 0.533. The van der Waals surface area contributed by atoms with Crippen LogP contribution in [0.15, 0.2) is 24.3 Å². The zero-order valence-electron chi connectivity index (χ0n) is 11.4. The monoisotopic (exact) mass is 262 g/mol. The SMILES string of the molecule is CC[C@@]1(C)CN2CC[C@H](c3cccc(F)c3)N2C1=O. The average molecular weight is 262 g/mol. The molecule has 0 bridgehead atoms. The molecule has 0 N–H and O–H groups in total. The lowest BCUT2D eigenvalue weighted by Gasteiger charge is -2.26. The van der Waals surface area contributed by atoms with E-state index in [1.54, 1.807) is 12.1 Å². The first-order valence-corrected chi connectivity index (χ1v) is 6.89. The number of carbonyl (C=O) groups excluding carboxylic acids is 1. The number of amides is 1. The smallest absolute Gasteiger partial charge is 0.244 e. The Bertz CT molecular complexity index is 519. The van der Waals surface area contributed by atoms with Crippen LogP contribution in [-0.4, -0.2) is 29.0 Å². The lowest BCUT2D eigenvalue weighted by atomic mass is 9.87. The maximum absolute atomic E-state index is 13.4. The van der Waals surface area contributed by atoms with Crippen molar-refractivity contribution in [3.63, 3.8) is 0 Å². The van der Waals surface area contributed by atoms with E-state index >= 15 is 0 Å². The fourth-order valence-electron chi connectivity index (χ4n) is 3.16. The summed E-state index contributed by atoms with van der Waals surface area (Å²) in [5, 5.41) is 3.99. The van der Waals surface area contributed by atoms with Crippen molar-refractivity contribution in [1.29, 1.82) is 0 Å². The Labute approximate surface area is 113 Å². The zero-order chi connectivity index (χ0) is 13.6. The maximum atomic E-state index is 13.4. The summed E-state index contributed by atoms with van der Waals surface area (Å²) in [5.41, 5.74) is 0.614. The minimum atomic E-state index is -0.286. The van der Waals surface area contributed by atoms with Gasteiger partial charge < -0.3 is 0 Å². The standard InChI is InChI=1S/C15H19FN2O/c1-3-15(2)10-17-8-7-13(18(17)14(15)19)11-5-4-6-12(16)9-11/h4-6,9,13H,3,7-8,10H2,1-2H3/t13-,15+/m1/s1. The summed E-state index contributed by atoms with van der Waals surface area (Å²) >= 11 is 0. The Morgan fingerprint density at radius 3 is 2.95 bits per heavy atom. The van der Waals surface area contributed by atoms with Gasteiger partial charge in [-0.05, 0) is 37.5 Å². The van der Waals surface area contributed by atoms with Crippen LogP contribution in [0.1, 0.15) is 38.3 Å². The molecule has 0 saturated carbocycles. The van der Waals surface area contributed by atoms with Gasteiger partial charge in [-0.2, -0.15) is 0 Å². The highest BCUT2D eigenvalue weighted by Crippen LogP contribution is 2.43. The molecule has 102 valence electrons. The molecule has 4 heteroatoms. The zero-order valence-corrected chi connectivity index (χ0v) is 11.4. The molecule has 0 aliphatic carbocycles. The highest BCUT2D eigenvalue weighted by Gasteiger charge is 2.51.